The fourth-order valence-electron chi connectivity index (χ4n) is 5.65. The number of carbonyl (C=O) groups excluding carboxylic acids is 3. The highest BCUT2D eigenvalue weighted by Crippen LogP contribution is 2.40. The molecule has 1 amide bonds. The van der Waals surface area contributed by atoms with Crippen molar-refractivity contribution >= 4 is 32.4 Å². The van der Waals surface area contributed by atoms with Crippen molar-refractivity contribution in [3.8, 4) is 11.5 Å². The van der Waals surface area contributed by atoms with Gasteiger partial charge < -0.3 is 24.3 Å². The minimum Gasteiger partial charge on any atom is -0.496 e. The number of amides is 1. The molecular weight excluding hydrogens is 553 g/mol. The second kappa shape index (κ2) is 13.5. The van der Waals surface area contributed by atoms with Gasteiger partial charge in [-0.25, -0.2) is 0 Å². The molecule has 0 saturated heterocycles. The molecule has 2 aliphatic carbocycles. The van der Waals surface area contributed by atoms with Gasteiger partial charge in [-0.3, -0.25) is 14.4 Å². The number of ether oxygens (including phenoxy) is 4. The monoisotopic (exact) mass is 597 g/mol. The predicted molar refractivity (Wildman–Crippen MR) is 164 cm³/mol. The number of hydrogen-bond donors (Lipinski definition) is 1. The van der Waals surface area contributed by atoms with Crippen LogP contribution in [0.25, 0.3) is 0 Å². The second-order valence-electron chi connectivity index (χ2n) is 12.7. The van der Waals surface area contributed by atoms with Crippen LogP contribution in [0.1, 0.15) is 88.6 Å². The molecule has 228 valence electrons. The van der Waals surface area contributed by atoms with E-state index in [1.165, 1.54) is 7.11 Å². The molecule has 0 aliphatic heterocycles. The molecule has 8 nitrogen and oxygen atoms in total. The Morgan fingerprint density at radius 1 is 1.00 bits per heavy atom. The van der Waals surface area contributed by atoms with Crippen LogP contribution >= 0.6 is 9.24 Å². The van der Waals surface area contributed by atoms with E-state index in [-0.39, 0.29) is 36.6 Å². The summed E-state index contributed by atoms with van der Waals surface area (Å²) in [6, 6.07) is 12.7. The molecule has 0 spiro atoms. The Labute approximate surface area is 251 Å². The van der Waals surface area contributed by atoms with E-state index in [1.807, 2.05) is 58.0 Å². The minimum atomic E-state index is -0.540. The van der Waals surface area contributed by atoms with Crippen LogP contribution < -0.4 is 20.1 Å². The fourth-order valence-corrected chi connectivity index (χ4v) is 5.95. The van der Waals surface area contributed by atoms with Crippen LogP contribution in [-0.2, 0) is 25.7 Å². The third kappa shape index (κ3) is 8.03. The summed E-state index contributed by atoms with van der Waals surface area (Å²) in [5, 5.41) is 3.83. The molecular formula is C33H44NO7P. The number of carbonyl (C=O) groups is 3. The summed E-state index contributed by atoms with van der Waals surface area (Å²) in [6.45, 7) is 7.81. The van der Waals surface area contributed by atoms with E-state index in [2.05, 4.69) is 14.6 Å². The summed E-state index contributed by atoms with van der Waals surface area (Å²) in [7, 11) is 4.17. The molecule has 0 aromatic heterocycles. The van der Waals surface area contributed by atoms with Crippen LogP contribution in [0.4, 0.5) is 0 Å². The van der Waals surface area contributed by atoms with Crippen molar-refractivity contribution < 1.29 is 33.3 Å². The second-order valence-corrected chi connectivity index (χ2v) is 13.3. The van der Waals surface area contributed by atoms with E-state index in [0.29, 0.717) is 55.6 Å². The van der Waals surface area contributed by atoms with Crippen molar-refractivity contribution in [1.29, 1.82) is 0 Å². The lowest BCUT2D eigenvalue weighted by atomic mass is 9.74. The Balaban J connectivity index is 1.39. The largest absolute Gasteiger partial charge is 0.496 e. The highest BCUT2D eigenvalue weighted by molar-refractivity contribution is 7.27. The van der Waals surface area contributed by atoms with Gasteiger partial charge in [0.1, 0.15) is 23.7 Å². The van der Waals surface area contributed by atoms with Crippen molar-refractivity contribution in [2.75, 3.05) is 7.11 Å². The van der Waals surface area contributed by atoms with Gasteiger partial charge in [0.15, 0.2) is 0 Å². The van der Waals surface area contributed by atoms with Gasteiger partial charge in [0, 0.05) is 11.3 Å². The molecule has 0 bridgehead atoms. The van der Waals surface area contributed by atoms with Gasteiger partial charge in [0.25, 0.3) is 5.91 Å². The molecule has 2 saturated carbocycles. The molecule has 3 atom stereocenters. The number of rotatable bonds is 9. The normalized spacial score (nSPS) is 24.0. The van der Waals surface area contributed by atoms with Crippen LogP contribution in [0.15, 0.2) is 42.5 Å². The zero-order valence-corrected chi connectivity index (χ0v) is 26.5. The summed E-state index contributed by atoms with van der Waals surface area (Å²) in [4.78, 5) is 39.2. The molecule has 2 aromatic rings. The third-order valence-electron chi connectivity index (χ3n) is 8.16. The van der Waals surface area contributed by atoms with Gasteiger partial charge in [-0.15, -0.1) is 9.24 Å². The average Bonchev–Trinajstić information content (AvgIpc) is 3.41. The number of nitrogens with one attached hydrogen (secondary N) is 1. The number of hydrogen-bond acceptors (Lipinski definition) is 7. The van der Waals surface area contributed by atoms with E-state index < -0.39 is 16.9 Å². The maximum atomic E-state index is 13.5. The van der Waals surface area contributed by atoms with E-state index in [4.69, 9.17) is 18.9 Å². The van der Waals surface area contributed by atoms with Gasteiger partial charge in [-0.05, 0) is 83.9 Å². The molecule has 2 aromatic carbocycles. The Hall–Kier alpha value is -3.12. The van der Waals surface area contributed by atoms with Crippen LogP contribution in [0.3, 0.4) is 0 Å². The highest BCUT2D eigenvalue weighted by Gasteiger charge is 2.41. The van der Waals surface area contributed by atoms with E-state index in [1.54, 1.807) is 12.1 Å². The average molecular weight is 598 g/mol. The molecule has 4 rings (SSSR count). The fraction of sp³-hybridized carbons (Fsp3) is 0.545. The van der Waals surface area contributed by atoms with Gasteiger partial charge in [0.05, 0.1) is 30.1 Å². The first-order chi connectivity index (χ1) is 19.9. The topological polar surface area (TPSA) is 100 Å². The van der Waals surface area contributed by atoms with Crippen molar-refractivity contribution in [3.05, 3.63) is 53.6 Å². The van der Waals surface area contributed by atoms with Gasteiger partial charge >= 0.3 is 11.9 Å². The van der Waals surface area contributed by atoms with Crippen molar-refractivity contribution in [3.63, 3.8) is 0 Å². The van der Waals surface area contributed by atoms with Gasteiger partial charge in [0.2, 0.25) is 0 Å². The predicted octanol–water partition coefficient (Wildman–Crippen LogP) is 5.51. The Morgan fingerprint density at radius 2 is 1.69 bits per heavy atom. The lowest BCUT2D eigenvalue weighted by Gasteiger charge is -2.37. The first kappa shape index (κ1) is 31.8. The van der Waals surface area contributed by atoms with Gasteiger partial charge in [-0.2, -0.15) is 0 Å². The van der Waals surface area contributed by atoms with Gasteiger partial charge in [-0.1, -0.05) is 36.8 Å². The SMILES string of the molecule is COc1cc(P)c(OC2CCC(C)(C(=O)OC(C)(C)C)CC2)cc1C(=O)N[C@@H]1CCC[C@@H]1C(=O)OCc1ccccc1. The summed E-state index contributed by atoms with van der Waals surface area (Å²) >= 11 is 0. The van der Waals surface area contributed by atoms with Crippen LogP contribution in [-0.4, -0.2) is 42.7 Å². The molecule has 42 heavy (non-hydrogen) atoms. The summed E-state index contributed by atoms with van der Waals surface area (Å²) in [6.07, 6.45) is 4.81. The molecule has 0 radical (unpaired) electrons. The number of esters is 2. The Morgan fingerprint density at radius 3 is 2.33 bits per heavy atom. The Bertz CT molecular complexity index is 1270. The van der Waals surface area contributed by atoms with Crippen LogP contribution in [0.5, 0.6) is 11.5 Å². The molecule has 9 heteroatoms. The lowest BCUT2D eigenvalue weighted by molar-refractivity contribution is -0.169. The first-order valence-electron chi connectivity index (χ1n) is 14.8. The molecule has 1 N–H and O–H groups in total. The minimum absolute atomic E-state index is 0.0947. The van der Waals surface area contributed by atoms with E-state index in [9.17, 15) is 14.4 Å². The standard InChI is InChI=1S/C33H44NO7P/c1-32(2,3)41-31(37)33(4)16-14-22(15-17-33)40-27-18-24(26(38-5)19-28(27)42)29(35)34-25-13-9-12-23(25)30(36)39-20-21-10-7-6-8-11-21/h6-8,10-11,18-19,22-23,25H,9,12-17,20,42H2,1-5H3,(H,34,35)/t22?,23-,25+,33?/m0/s1. The van der Waals surface area contributed by atoms with Crippen molar-refractivity contribution in [2.45, 2.75) is 97.0 Å². The number of methoxy groups -OCH3 is 1. The zero-order valence-electron chi connectivity index (χ0n) is 25.4. The first-order valence-corrected chi connectivity index (χ1v) is 15.4. The summed E-state index contributed by atoms with van der Waals surface area (Å²) in [5.41, 5.74) is 0.202. The highest BCUT2D eigenvalue weighted by atomic mass is 31.0. The van der Waals surface area contributed by atoms with Crippen LogP contribution in [0.2, 0.25) is 0 Å². The quantitative estimate of drug-likeness (QED) is 0.301. The molecule has 0 heterocycles. The summed E-state index contributed by atoms with van der Waals surface area (Å²) < 4.78 is 23.2. The van der Waals surface area contributed by atoms with E-state index >= 15 is 0 Å². The zero-order chi connectivity index (χ0) is 30.5. The molecule has 1 unspecified atom stereocenters. The molecule has 2 aliphatic rings. The van der Waals surface area contributed by atoms with E-state index in [0.717, 1.165) is 17.3 Å². The maximum Gasteiger partial charge on any atom is 0.312 e. The third-order valence-corrected chi connectivity index (χ3v) is 8.61. The number of benzene rings is 2. The smallest absolute Gasteiger partial charge is 0.312 e. The van der Waals surface area contributed by atoms with Crippen molar-refractivity contribution in [2.24, 2.45) is 11.3 Å². The molecule has 2 fully saturated rings. The Kier molecular flexibility index (Phi) is 10.2. The van der Waals surface area contributed by atoms with Crippen LogP contribution in [0, 0.1) is 11.3 Å². The maximum absolute atomic E-state index is 13.5. The van der Waals surface area contributed by atoms with Crippen molar-refractivity contribution in [1.82, 2.24) is 5.32 Å². The lowest BCUT2D eigenvalue weighted by Crippen LogP contribution is -2.41. The summed E-state index contributed by atoms with van der Waals surface area (Å²) in [5.74, 6) is -0.196.